The summed E-state index contributed by atoms with van der Waals surface area (Å²) in [5.74, 6) is 1.47. The maximum Gasteiger partial charge on any atom is 0.243 e. The number of halogens is 1. The van der Waals surface area contributed by atoms with Gasteiger partial charge in [-0.3, -0.25) is 4.68 Å². The van der Waals surface area contributed by atoms with Crippen LogP contribution in [0.15, 0.2) is 40.5 Å². The molecule has 0 radical (unpaired) electrons. The van der Waals surface area contributed by atoms with Crippen molar-refractivity contribution in [2.45, 2.75) is 37.8 Å². The number of hydrogen-bond donors (Lipinski definition) is 2. The summed E-state index contributed by atoms with van der Waals surface area (Å²) in [4.78, 5) is 9.08. The highest BCUT2D eigenvalue weighted by Crippen LogP contribution is 2.21. The van der Waals surface area contributed by atoms with Crippen molar-refractivity contribution in [1.82, 2.24) is 29.7 Å². The molecule has 160 valence electrons. The van der Waals surface area contributed by atoms with Crippen LogP contribution in [0.3, 0.4) is 0 Å². The first-order chi connectivity index (χ1) is 13.5. The number of aromatic nitrogens is 3. The van der Waals surface area contributed by atoms with E-state index in [0.29, 0.717) is 37.0 Å². The zero-order valence-electron chi connectivity index (χ0n) is 16.7. The summed E-state index contributed by atoms with van der Waals surface area (Å²) in [5, 5.41) is 10.4. The van der Waals surface area contributed by atoms with Gasteiger partial charge in [-0.15, -0.1) is 24.0 Å². The summed E-state index contributed by atoms with van der Waals surface area (Å²) in [6.07, 6.45) is 3.37. The third-order valence-corrected chi connectivity index (χ3v) is 6.52. The van der Waals surface area contributed by atoms with Crippen LogP contribution in [0.4, 0.5) is 0 Å². The number of nitrogens with zero attached hydrogens (tertiary/aromatic N) is 5. The molecule has 1 saturated heterocycles. The van der Waals surface area contributed by atoms with Gasteiger partial charge in [-0.05, 0) is 37.5 Å². The van der Waals surface area contributed by atoms with Crippen molar-refractivity contribution < 1.29 is 8.42 Å². The van der Waals surface area contributed by atoms with Gasteiger partial charge in [0.1, 0.15) is 12.2 Å². The second-order valence-electron chi connectivity index (χ2n) is 6.60. The molecule has 0 atom stereocenters. The molecule has 3 rings (SSSR count). The first-order valence-electron chi connectivity index (χ1n) is 9.45. The molecule has 1 aliphatic heterocycles. The molecule has 2 N–H and O–H groups in total. The summed E-state index contributed by atoms with van der Waals surface area (Å²) < 4.78 is 28.4. The van der Waals surface area contributed by atoms with E-state index in [9.17, 15) is 8.42 Å². The Bertz CT molecular complexity index is 907. The minimum absolute atomic E-state index is 0. The predicted octanol–water partition coefficient (Wildman–Crippen LogP) is 1.47. The van der Waals surface area contributed by atoms with Crippen molar-refractivity contribution in [2.24, 2.45) is 12.0 Å². The molecule has 0 aliphatic carbocycles. The van der Waals surface area contributed by atoms with E-state index < -0.39 is 10.0 Å². The Morgan fingerprint density at radius 3 is 2.45 bits per heavy atom. The van der Waals surface area contributed by atoms with Crippen molar-refractivity contribution >= 4 is 40.0 Å². The van der Waals surface area contributed by atoms with Crippen LogP contribution in [-0.2, 0) is 30.2 Å². The van der Waals surface area contributed by atoms with Gasteiger partial charge in [0.05, 0.1) is 18.0 Å². The predicted molar refractivity (Wildman–Crippen MR) is 123 cm³/mol. The summed E-state index contributed by atoms with van der Waals surface area (Å²) in [6, 6.07) is 6.97. The zero-order valence-corrected chi connectivity index (χ0v) is 19.9. The smallest absolute Gasteiger partial charge is 0.243 e. The van der Waals surface area contributed by atoms with Crippen LogP contribution < -0.4 is 10.6 Å². The molecule has 2 aromatic rings. The van der Waals surface area contributed by atoms with Crippen molar-refractivity contribution in [3.63, 3.8) is 0 Å². The van der Waals surface area contributed by atoms with E-state index in [-0.39, 0.29) is 24.0 Å². The van der Waals surface area contributed by atoms with Crippen molar-refractivity contribution in [3.8, 4) is 0 Å². The van der Waals surface area contributed by atoms with E-state index in [4.69, 9.17) is 0 Å². The Balaban J connectivity index is 0.00000300. The van der Waals surface area contributed by atoms with Gasteiger partial charge in [0.25, 0.3) is 0 Å². The van der Waals surface area contributed by atoms with E-state index in [1.807, 2.05) is 26.1 Å². The summed E-state index contributed by atoms with van der Waals surface area (Å²) in [6.45, 7) is 4.90. The maximum absolute atomic E-state index is 12.6. The lowest BCUT2D eigenvalue weighted by Crippen LogP contribution is -2.37. The average Bonchev–Trinajstić information content (AvgIpc) is 3.37. The molecule has 9 nitrogen and oxygen atoms in total. The lowest BCUT2D eigenvalue weighted by Gasteiger charge is -2.15. The fourth-order valence-corrected chi connectivity index (χ4v) is 4.52. The van der Waals surface area contributed by atoms with Gasteiger partial charge in [-0.1, -0.05) is 12.1 Å². The summed E-state index contributed by atoms with van der Waals surface area (Å²) in [5.41, 5.74) is 0.941. The highest BCUT2D eigenvalue weighted by molar-refractivity contribution is 14.0. The van der Waals surface area contributed by atoms with Crippen LogP contribution in [0.25, 0.3) is 0 Å². The second-order valence-corrected chi connectivity index (χ2v) is 8.54. The molecule has 0 saturated carbocycles. The van der Waals surface area contributed by atoms with E-state index >= 15 is 0 Å². The van der Waals surface area contributed by atoms with E-state index in [0.717, 1.165) is 30.8 Å². The molecule has 11 heteroatoms. The van der Waals surface area contributed by atoms with Crippen LogP contribution in [0, 0.1) is 0 Å². The minimum Gasteiger partial charge on any atom is -0.357 e. The molecule has 0 amide bonds. The topological polar surface area (TPSA) is 105 Å². The fourth-order valence-electron chi connectivity index (χ4n) is 3.00. The van der Waals surface area contributed by atoms with Gasteiger partial charge in [-0.2, -0.15) is 9.40 Å². The number of aryl methyl sites for hydroxylation is 1. The maximum atomic E-state index is 12.6. The molecule has 0 unspecified atom stereocenters. The molecule has 1 aromatic carbocycles. The molecule has 0 spiro atoms. The molecule has 1 aromatic heterocycles. The summed E-state index contributed by atoms with van der Waals surface area (Å²) >= 11 is 0. The first-order valence-corrected chi connectivity index (χ1v) is 10.9. The van der Waals surface area contributed by atoms with Gasteiger partial charge in [0, 0.05) is 26.7 Å². The van der Waals surface area contributed by atoms with E-state index in [1.165, 1.54) is 6.33 Å². The third-order valence-electron chi connectivity index (χ3n) is 4.61. The van der Waals surface area contributed by atoms with Crippen molar-refractivity contribution in [3.05, 3.63) is 42.0 Å². The number of nitrogens with one attached hydrogen (secondary N) is 2. The monoisotopic (exact) mass is 533 g/mol. The molecular formula is C18H28IN7O2S. The van der Waals surface area contributed by atoms with Crippen LogP contribution in [0.5, 0.6) is 0 Å². The van der Waals surface area contributed by atoms with Crippen molar-refractivity contribution in [1.29, 1.82) is 0 Å². The van der Waals surface area contributed by atoms with Crippen LogP contribution in [0.1, 0.15) is 31.2 Å². The molecule has 2 heterocycles. The molecule has 29 heavy (non-hydrogen) atoms. The Morgan fingerprint density at radius 1 is 1.17 bits per heavy atom. The quantitative estimate of drug-likeness (QED) is 0.318. The first kappa shape index (κ1) is 23.5. The lowest BCUT2D eigenvalue weighted by molar-refractivity contribution is 0.477. The molecule has 1 fully saturated rings. The number of benzene rings is 1. The number of hydrogen-bond acceptors (Lipinski definition) is 5. The molecule has 0 bridgehead atoms. The van der Waals surface area contributed by atoms with E-state index in [2.05, 4.69) is 25.7 Å². The molecule has 1 aliphatic rings. The van der Waals surface area contributed by atoms with Gasteiger partial charge < -0.3 is 10.6 Å². The SMILES string of the molecule is CCNC(=NCc1ccc(S(=O)(=O)N2CCCC2)cc1)NCc1ncnn1C.I. The molecular weight excluding hydrogens is 505 g/mol. The van der Waals surface area contributed by atoms with Crippen LogP contribution in [0.2, 0.25) is 0 Å². The van der Waals surface area contributed by atoms with Gasteiger partial charge in [-0.25, -0.2) is 18.4 Å². The largest absolute Gasteiger partial charge is 0.357 e. The Labute approximate surface area is 189 Å². The number of aliphatic imine (C=N–C) groups is 1. The zero-order chi connectivity index (χ0) is 20.0. The van der Waals surface area contributed by atoms with Gasteiger partial charge in [0.15, 0.2) is 5.96 Å². The highest BCUT2D eigenvalue weighted by atomic mass is 127. The number of rotatable bonds is 7. The van der Waals surface area contributed by atoms with Crippen molar-refractivity contribution in [2.75, 3.05) is 19.6 Å². The number of sulfonamides is 1. The van der Waals surface area contributed by atoms with Crippen LogP contribution in [-0.4, -0.2) is 53.1 Å². The van der Waals surface area contributed by atoms with Gasteiger partial charge in [0.2, 0.25) is 10.0 Å². The average molecular weight is 533 g/mol. The lowest BCUT2D eigenvalue weighted by atomic mass is 10.2. The standard InChI is InChI=1S/C18H27N7O2S.HI/c1-3-19-18(21-13-17-22-14-23-24(17)2)20-12-15-6-8-16(9-7-15)28(26,27)25-10-4-5-11-25;/h6-9,14H,3-5,10-13H2,1-2H3,(H2,19,20,21);1H. The van der Waals surface area contributed by atoms with Gasteiger partial charge >= 0.3 is 0 Å². The second kappa shape index (κ2) is 10.9. The Hall–Kier alpha value is -1.73. The highest BCUT2D eigenvalue weighted by Gasteiger charge is 2.26. The Kier molecular flexibility index (Phi) is 8.83. The third kappa shape index (κ3) is 6.12. The number of guanidine groups is 1. The minimum atomic E-state index is -3.38. The normalized spacial score (nSPS) is 15.2. The Morgan fingerprint density at radius 2 is 1.86 bits per heavy atom. The fraction of sp³-hybridized carbons (Fsp3) is 0.500. The summed E-state index contributed by atoms with van der Waals surface area (Å²) in [7, 11) is -1.54. The van der Waals surface area contributed by atoms with E-state index in [1.54, 1.807) is 21.1 Å². The van der Waals surface area contributed by atoms with Crippen LogP contribution >= 0.6 is 24.0 Å².